The molecule has 1 amide bonds. The lowest BCUT2D eigenvalue weighted by atomic mass is 9.77. The summed E-state index contributed by atoms with van der Waals surface area (Å²) in [6.07, 6.45) is -1.20. The van der Waals surface area contributed by atoms with Gasteiger partial charge in [-0.05, 0) is 30.5 Å². The Hall–Kier alpha value is -4.66. The molecule has 1 heterocycles. The first-order valence-corrected chi connectivity index (χ1v) is 12.0. The minimum atomic E-state index is -3.15. The van der Waals surface area contributed by atoms with Crippen LogP contribution >= 0.6 is 0 Å². The lowest BCUT2D eigenvalue weighted by Crippen LogP contribution is -2.74. The van der Waals surface area contributed by atoms with Gasteiger partial charge in [0.2, 0.25) is 0 Å². The van der Waals surface area contributed by atoms with E-state index in [-0.39, 0.29) is 13.2 Å². The van der Waals surface area contributed by atoms with Gasteiger partial charge in [0, 0.05) is 0 Å². The summed E-state index contributed by atoms with van der Waals surface area (Å²) in [5.41, 5.74) is -3.24. The van der Waals surface area contributed by atoms with Crippen LogP contribution in [-0.4, -0.2) is 46.2 Å². The van der Waals surface area contributed by atoms with E-state index in [1.165, 1.54) is 6.92 Å². The average molecular weight is 518 g/mol. The van der Waals surface area contributed by atoms with E-state index >= 15 is 0 Å². The molecule has 0 unspecified atom stereocenters. The maximum absolute atomic E-state index is 13.9. The molecule has 9 heteroatoms. The highest BCUT2D eigenvalue weighted by molar-refractivity contribution is 6.24. The molecule has 196 valence electrons. The van der Waals surface area contributed by atoms with Gasteiger partial charge < -0.3 is 19.3 Å². The van der Waals surface area contributed by atoms with Crippen molar-refractivity contribution in [2.24, 2.45) is 0 Å². The second-order valence-corrected chi connectivity index (χ2v) is 8.82. The SMILES string of the molecule is CCOC(=O)[C@@]1(C(=O)O)C(=O)O[C@](C)(c2ccccc2)[C@H](c2ccccc2)N1C(=O)OCc1ccccc1. The number of nitrogens with zero attached hydrogens (tertiary/aromatic N) is 1. The van der Waals surface area contributed by atoms with Crippen LogP contribution in [-0.2, 0) is 40.8 Å². The van der Waals surface area contributed by atoms with Gasteiger partial charge in [-0.15, -0.1) is 0 Å². The largest absolute Gasteiger partial charge is 0.479 e. The van der Waals surface area contributed by atoms with Gasteiger partial charge in [-0.1, -0.05) is 91.0 Å². The fourth-order valence-corrected chi connectivity index (χ4v) is 4.67. The third-order valence-electron chi connectivity index (χ3n) is 6.49. The number of carbonyl (C=O) groups excluding carboxylic acids is 3. The van der Waals surface area contributed by atoms with Crippen molar-refractivity contribution in [1.82, 2.24) is 4.90 Å². The summed E-state index contributed by atoms with van der Waals surface area (Å²) in [6.45, 7) is 2.56. The van der Waals surface area contributed by atoms with Gasteiger partial charge in [-0.25, -0.2) is 19.2 Å². The number of hydrogen-bond donors (Lipinski definition) is 1. The molecule has 0 aromatic heterocycles. The molecule has 3 aromatic rings. The molecule has 0 spiro atoms. The molecule has 1 saturated heterocycles. The van der Waals surface area contributed by atoms with Crippen molar-refractivity contribution in [2.75, 3.05) is 6.61 Å². The Kier molecular flexibility index (Phi) is 7.47. The number of amides is 1. The molecule has 1 fully saturated rings. The van der Waals surface area contributed by atoms with Crippen molar-refractivity contribution < 1.29 is 38.5 Å². The van der Waals surface area contributed by atoms with E-state index in [9.17, 15) is 24.3 Å². The Morgan fingerprint density at radius 3 is 2.00 bits per heavy atom. The van der Waals surface area contributed by atoms with E-state index in [1.54, 1.807) is 97.9 Å². The highest BCUT2D eigenvalue weighted by atomic mass is 16.6. The van der Waals surface area contributed by atoms with Crippen LogP contribution in [0.4, 0.5) is 4.79 Å². The number of carbonyl (C=O) groups is 4. The van der Waals surface area contributed by atoms with Gasteiger partial charge >= 0.3 is 29.5 Å². The number of benzene rings is 3. The number of carboxylic acids is 1. The molecule has 0 saturated carbocycles. The summed E-state index contributed by atoms with van der Waals surface area (Å²) >= 11 is 0. The monoisotopic (exact) mass is 517 g/mol. The van der Waals surface area contributed by atoms with Crippen molar-refractivity contribution in [2.45, 2.75) is 37.6 Å². The van der Waals surface area contributed by atoms with E-state index in [4.69, 9.17) is 14.2 Å². The maximum atomic E-state index is 13.9. The van der Waals surface area contributed by atoms with Gasteiger partial charge in [0.05, 0.1) is 6.61 Å². The number of cyclic esters (lactones) is 1. The molecule has 3 aromatic carbocycles. The Balaban J connectivity index is 1.95. The standard InChI is InChI=1S/C29H27NO8/c1-3-36-25(33)29(24(31)32)26(34)38-28(2,22-17-11-6-12-18-22)23(21-15-9-5-10-16-21)30(29)27(35)37-19-20-13-7-4-8-14-20/h4-18,23H,3,19H2,1-2H3,(H,31,32)/t23-,28+,29-/m0/s1. The van der Waals surface area contributed by atoms with E-state index in [1.807, 2.05) is 0 Å². The number of aliphatic carboxylic acids is 1. The third kappa shape index (κ3) is 4.47. The molecule has 1 aliphatic heterocycles. The molecule has 4 rings (SSSR count). The van der Waals surface area contributed by atoms with Gasteiger partial charge in [0.15, 0.2) is 5.60 Å². The number of ether oxygens (including phenoxy) is 3. The Labute approximate surface area is 219 Å². The molecule has 0 radical (unpaired) electrons. The molecule has 9 nitrogen and oxygen atoms in total. The van der Waals surface area contributed by atoms with Gasteiger partial charge in [-0.3, -0.25) is 4.90 Å². The van der Waals surface area contributed by atoms with Crippen LogP contribution in [0.3, 0.4) is 0 Å². The average Bonchev–Trinajstić information content (AvgIpc) is 2.93. The first-order valence-electron chi connectivity index (χ1n) is 12.0. The van der Waals surface area contributed by atoms with E-state index in [0.29, 0.717) is 21.6 Å². The van der Waals surface area contributed by atoms with Crippen molar-refractivity contribution >= 4 is 24.0 Å². The Morgan fingerprint density at radius 2 is 1.45 bits per heavy atom. The summed E-state index contributed by atoms with van der Waals surface area (Å²) in [6, 6.07) is 24.5. The van der Waals surface area contributed by atoms with Crippen LogP contribution in [0.15, 0.2) is 91.0 Å². The summed E-state index contributed by atoms with van der Waals surface area (Å²) < 4.78 is 16.4. The van der Waals surface area contributed by atoms with Crippen LogP contribution < -0.4 is 0 Å². The fourth-order valence-electron chi connectivity index (χ4n) is 4.67. The van der Waals surface area contributed by atoms with Gasteiger partial charge in [-0.2, -0.15) is 0 Å². The summed E-state index contributed by atoms with van der Waals surface area (Å²) in [5.74, 6) is -4.84. The van der Waals surface area contributed by atoms with Crippen molar-refractivity contribution in [3.05, 3.63) is 108 Å². The minimum absolute atomic E-state index is 0.229. The molecule has 38 heavy (non-hydrogen) atoms. The molecule has 1 N–H and O–H groups in total. The van der Waals surface area contributed by atoms with Crippen LogP contribution in [0.1, 0.15) is 36.6 Å². The predicted octanol–water partition coefficient (Wildman–Crippen LogP) is 4.23. The molecular weight excluding hydrogens is 490 g/mol. The second-order valence-electron chi connectivity index (χ2n) is 8.82. The topological polar surface area (TPSA) is 119 Å². The Bertz CT molecular complexity index is 1310. The predicted molar refractivity (Wildman–Crippen MR) is 135 cm³/mol. The quantitative estimate of drug-likeness (QED) is 0.281. The summed E-state index contributed by atoms with van der Waals surface area (Å²) in [7, 11) is 0. The number of rotatable bonds is 7. The van der Waals surface area contributed by atoms with E-state index in [2.05, 4.69) is 0 Å². The highest BCUT2D eigenvalue weighted by Crippen LogP contribution is 2.50. The summed E-state index contributed by atoms with van der Waals surface area (Å²) in [5, 5.41) is 10.4. The van der Waals surface area contributed by atoms with E-state index in [0.717, 1.165) is 0 Å². The number of hydrogen-bond acceptors (Lipinski definition) is 7. The van der Waals surface area contributed by atoms with Crippen molar-refractivity contribution in [3.63, 3.8) is 0 Å². The zero-order valence-corrected chi connectivity index (χ0v) is 20.9. The van der Waals surface area contributed by atoms with Gasteiger partial charge in [0.1, 0.15) is 12.6 Å². The fraction of sp³-hybridized carbons (Fsp3) is 0.241. The van der Waals surface area contributed by atoms with Crippen LogP contribution in [0.25, 0.3) is 0 Å². The third-order valence-corrected chi connectivity index (χ3v) is 6.49. The van der Waals surface area contributed by atoms with E-state index < -0.39 is 41.2 Å². The van der Waals surface area contributed by atoms with Gasteiger partial charge in [0.25, 0.3) is 0 Å². The first-order chi connectivity index (χ1) is 18.3. The second kappa shape index (κ2) is 10.8. The number of esters is 2. The lowest BCUT2D eigenvalue weighted by molar-refractivity contribution is -0.218. The zero-order chi connectivity index (χ0) is 27.3. The number of carboxylic acid groups (broad SMARTS) is 1. The molecule has 0 bridgehead atoms. The first kappa shape index (κ1) is 26.4. The Morgan fingerprint density at radius 1 is 0.895 bits per heavy atom. The van der Waals surface area contributed by atoms with Crippen molar-refractivity contribution in [3.8, 4) is 0 Å². The molecule has 1 aliphatic rings. The van der Waals surface area contributed by atoms with Crippen LogP contribution in [0.2, 0.25) is 0 Å². The minimum Gasteiger partial charge on any atom is -0.479 e. The molecule has 3 atom stereocenters. The molecule has 0 aliphatic carbocycles. The number of morpholine rings is 1. The normalized spacial score (nSPS) is 22.7. The smallest absolute Gasteiger partial charge is 0.412 e. The van der Waals surface area contributed by atoms with Crippen LogP contribution in [0.5, 0.6) is 0 Å². The lowest BCUT2D eigenvalue weighted by Gasteiger charge is -2.52. The van der Waals surface area contributed by atoms with Crippen molar-refractivity contribution in [1.29, 1.82) is 0 Å². The zero-order valence-electron chi connectivity index (χ0n) is 20.9. The maximum Gasteiger partial charge on any atom is 0.412 e. The van der Waals surface area contributed by atoms with Crippen LogP contribution in [0, 0.1) is 0 Å². The molecular formula is C29H27NO8. The summed E-state index contributed by atoms with van der Waals surface area (Å²) in [4.78, 5) is 54.4. The highest BCUT2D eigenvalue weighted by Gasteiger charge is 2.72.